The van der Waals surface area contributed by atoms with Crippen molar-refractivity contribution in [3.8, 4) is 0 Å². The van der Waals surface area contributed by atoms with Crippen molar-refractivity contribution in [2.24, 2.45) is 5.92 Å². The highest BCUT2D eigenvalue weighted by atomic mass is 15.0. The molecular weight excluding hydrogens is 134 g/mol. The van der Waals surface area contributed by atoms with Crippen molar-refractivity contribution >= 4 is 0 Å². The van der Waals surface area contributed by atoms with E-state index in [1.165, 1.54) is 25.7 Å². The van der Waals surface area contributed by atoms with Gasteiger partial charge in [-0.25, -0.2) is 0 Å². The molecule has 1 aliphatic heterocycles. The summed E-state index contributed by atoms with van der Waals surface area (Å²) in [7, 11) is 0. The Morgan fingerprint density at radius 3 is 3.09 bits per heavy atom. The van der Waals surface area contributed by atoms with E-state index in [4.69, 9.17) is 0 Å². The minimum Gasteiger partial charge on any atom is -0.311 e. The number of rotatable bonds is 0. The Balaban J connectivity index is 2.02. The van der Waals surface area contributed by atoms with Crippen molar-refractivity contribution < 1.29 is 0 Å². The summed E-state index contributed by atoms with van der Waals surface area (Å²) in [5.41, 5.74) is 0. The van der Waals surface area contributed by atoms with Crippen LogP contribution in [0.2, 0.25) is 0 Å². The zero-order valence-corrected chi connectivity index (χ0v) is 7.22. The number of hydrogen-bond donors (Lipinski definition) is 1. The van der Waals surface area contributed by atoms with Crippen molar-refractivity contribution in [1.82, 2.24) is 5.32 Å². The second-order valence-corrected chi connectivity index (χ2v) is 3.92. The number of fused-ring (bicyclic) bond motifs is 1. The van der Waals surface area contributed by atoms with Crippen molar-refractivity contribution in [2.75, 3.05) is 0 Å². The van der Waals surface area contributed by atoms with Gasteiger partial charge >= 0.3 is 0 Å². The monoisotopic (exact) mass is 151 g/mol. The van der Waals surface area contributed by atoms with Crippen LogP contribution < -0.4 is 5.32 Å². The van der Waals surface area contributed by atoms with Gasteiger partial charge in [-0.3, -0.25) is 0 Å². The molecule has 0 saturated carbocycles. The highest BCUT2D eigenvalue weighted by Gasteiger charge is 2.26. The van der Waals surface area contributed by atoms with Gasteiger partial charge in [0.25, 0.3) is 0 Å². The van der Waals surface area contributed by atoms with Gasteiger partial charge < -0.3 is 5.32 Å². The lowest BCUT2D eigenvalue weighted by Crippen LogP contribution is -2.46. The van der Waals surface area contributed by atoms with Gasteiger partial charge in [0, 0.05) is 12.1 Å². The molecule has 1 N–H and O–H groups in total. The Labute approximate surface area is 68.9 Å². The summed E-state index contributed by atoms with van der Waals surface area (Å²) in [6, 6.07) is 1.55. The first kappa shape index (κ1) is 7.35. The highest BCUT2D eigenvalue weighted by molar-refractivity contribution is 5.02. The van der Waals surface area contributed by atoms with E-state index in [-0.39, 0.29) is 0 Å². The molecular formula is C10H17N. The predicted octanol–water partition coefficient (Wildman–Crippen LogP) is 2.09. The summed E-state index contributed by atoms with van der Waals surface area (Å²) in [5.74, 6) is 0.847. The zero-order chi connectivity index (χ0) is 7.68. The minimum absolute atomic E-state index is 0.753. The number of nitrogens with one attached hydrogen (secondary N) is 1. The lowest BCUT2D eigenvalue weighted by atomic mass is 9.82. The zero-order valence-electron chi connectivity index (χ0n) is 7.22. The quantitative estimate of drug-likeness (QED) is 0.523. The standard InChI is InChI=1S/C10H17N/c1-8-6-7-9-4-2-3-5-10(9)11-8/h2,4,8-11H,3,5-7H2,1H3. The number of piperidine rings is 1. The van der Waals surface area contributed by atoms with Gasteiger partial charge in [0.2, 0.25) is 0 Å². The van der Waals surface area contributed by atoms with Crippen LogP contribution in [0.3, 0.4) is 0 Å². The summed E-state index contributed by atoms with van der Waals surface area (Å²) < 4.78 is 0. The van der Waals surface area contributed by atoms with E-state index in [0.29, 0.717) is 0 Å². The average Bonchev–Trinajstić information content (AvgIpc) is 2.04. The van der Waals surface area contributed by atoms with Crippen molar-refractivity contribution in [3.05, 3.63) is 12.2 Å². The van der Waals surface area contributed by atoms with Gasteiger partial charge in [-0.2, -0.15) is 0 Å². The van der Waals surface area contributed by atoms with Gasteiger partial charge in [-0.1, -0.05) is 12.2 Å². The average molecular weight is 151 g/mol. The normalized spacial score (nSPS) is 43.5. The molecule has 3 unspecified atom stereocenters. The van der Waals surface area contributed by atoms with E-state index >= 15 is 0 Å². The fraction of sp³-hybridized carbons (Fsp3) is 0.800. The van der Waals surface area contributed by atoms with Crippen LogP contribution in [-0.2, 0) is 0 Å². The third-order valence-corrected chi connectivity index (χ3v) is 2.98. The van der Waals surface area contributed by atoms with Crippen LogP contribution in [0.5, 0.6) is 0 Å². The van der Waals surface area contributed by atoms with E-state index in [1.54, 1.807) is 0 Å². The van der Waals surface area contributed by atoms with Crippen molar-refractivity contribution in [2.45, 2.75) is 44.7 Å². The Morgan fingerprint density at radius 2 is 2.18 bits per heavy atom. The van der Waals surface area contributed by atoms with Gasteiger partial charge in [-0.15, -0.1) is 0 Å². The molecule has 0 amide bonds. The lowest BCUT2D eigenvalue weighted by Gasteiger charge is -2.36. The third-order valence-electron chi connectivity index (χ3n) is 2.98. The third kappa shape index (κ3) is 1.48. The molecule has 1 heteroatoms. The molecule has 62 valence electrons. The molecule has 11 heavy (non-hydrogen) atoms. The molecule has 1 saturated heterocycles. The Morgan fingerprint density at radius 1 is 1.27 bits per heavy atom. The maximum absolute atomic E-state index is 3.67. The first-order valence-electron chi connectivity index (χ1n) is 4.79. The van der Waals surface area contributed by atoms with Gasteiger partial charge in [0.15, 0.2) is 0 Å². The molecule has 0 radical (unpaired) electrons. The van der Waals surface area contributed by atoms with Crippen molar-refractivity contribution in [1.29, 1.82) is 0 Å². The molecule has 0 spiro atoms. The van der Waals surface area contributed by atoms with E-state index in [1.807, 2.05) is 0 Å². The molecule has 1 aliphatic carbocycles. The molecule has 0 aromatic rings. The van der Waals surface area contributed by atoms with Crippen LogP contribution in [0.4, 0.5) is 0 Å². The van der Waals surface area contributed by atoms with Crippen LogP contribution in [0.1, 0.15) is 32.6 Å². The van der Waals surface area contributed by atoms with Crippen LogP contribution in [0.25, 0.3) is 0 Å². The summed E-state index contributed by atoms with van der Waals surface area (Å²) in [6.07, 6.45) is 10.1. The van der Waals surface area contributed by atoms with E-state index in [9.17, 15) is 0 Å². The second-order valence-electron chi connectivity index (χ2n) is 3.92. The number of allylic oxidation sites excluding steroid dienone is 1. The molecule has 2 aliphatic rings. The molecule has 0 aromatic carbocycles. The molecule has 1 heterocycles. The predicted molar refractivity (Wildman–Crippen MR) is 47.5 cm³/mol. The van der Waals surface area contributed by atoms with Crippen LogP contribution >= 0.6 is 0 Å². The molecule has 0 bridgehead atoms. The molecule has 3 atom stereocenters. The lowest BCUT2D eigenvalue weighted by molar-refractivity contribution is 0.258. The Bertz CT molecular complexity index is 162. The largest absolute Gasteiger partial charge is 0.311 e. The first-order chi connectivity index (χ1) is 5.36. The molecule has 1 nitrogen and oxygen atoms in total. The van der Waals surface area contributed by atoms with Crippen LogP contribution in [-0.4, -0.2) is 12.1 Å². The second kappa shape index (κ2) is 2.98. The van der Waals surface area contributed by atoms with Gasteiger partial charge in [0.1, 0.15) is 0 Å². The van der Waals surface area contributed by atoms with Gasteiger partial charge in [-0.05, 0) is 38.5 Å². The maximum atomic E-state index is 3.67. The van der Waals surface area contributed by atoms with Gasteiger partial charge in [0.05, 0.1) is 0 Å². The molecule has 0 aromatic heterocycles. The Hall–Kier alpha value is -0.300. The molecule has 1 fully saturated rings. The van der Waals surface area contributed by atoms with Crippen LogP contribution in [0, 0.1) is 5.92 Å². The number of hydrogen-bond acceptors (Lipinski definition) is 1. The summed E-state index contributed by atoms with van der Waals surface area (Å²) in [6.45, 7) is 2.30. The van der Waals surface area contributed by atoms with E-state index < -0.39 is 0 Å². The topological polar surface area (TPSA) is 12.0 Å². The fourth-order valence-electron chi connectivity index (χ4n) is 2.29. The maximum Gasteiger partial charge on any atom is 0.0135 e. The van der Waals surface area contributed by atoms with Crippen LogP contribution in [0.15, 0.2) is 12.2 Å². The van der Waals surface area contributed by atoms with E-state index in [2.05, 4.69) is 24.4 Å². The van der Waals surface area contributed by atoms with E-state index in [0.717, 1.165) is 18.0 Å². The van der Waals surface area contributed by atoms with Crippen molar-refractivity contribution in [3.63, 3.8) is 0 Å². The molecule has 2 rings (SSSR count). The fourth-order valence-corrected chi connectivity index (χ4v) is 2.29. The SMILES string of the molecule is CC1CCC2C=CCCC2N1. The first-order valence-corrected chi connectivity index (χ1v) is 4.79. The Kier molecular flexibility index (Phi) is 1.99. The smallest absolute Gasteiger partial charge is 0.0135 e. The highest BCUT2D eigenvalue weighted by Crippen LogP contribution is 2.27. The summed E-state index contributed by atoms with van der Waals surface area (Å²) in [4.78, 5) is 0. The summed E-state index contributed by atoms with van der Waals surface area (Å²) in [5, 5.41) is 3.67. The summed E-state index contributed by atoms with van der Waals surface area (Å²) >= 11 is 0. The minimum atomic E-state index is 0.753.